The second-order valence-electron chi connectivity index (χ2n) is 4.38. The zero-order valence-electron chi connectivity index (χ0n) is 11.3. The fourth-order valence-electron chi connectivity index (χ4n) is 1.77. The minimum Gasteiger partial charge on any atom is -0.298 e. The van der Waals surface area contributed by atoms with Gasteiger partial charge in [0, 0.05) is 17.2 Å². The Labute approximate surface area is 125 Å². The molecule has 1 aromatic carbocycles. The van der Waals surface area contributed by atoms with Gasteiger partial charge in [0.1, 0.15) is 0 Å². The van der Waals surface area contributed by atoms with E-state index in [0.717, 1.165) is 15.9 Å². The van der Waals surface area contributed by atoms with E-state index in [4.69, 9.17) is 0 Å². The number of carbonyl (C=O) groups is 1. The number of fused-ring (bicyclic) bond motifs is 1. The van der Waals surface area contributed by atoms with Gasteiger partial charge in [0.25, 0.3) is 0 Å². The first-order valence-electron chi connectivity index (χ1n) is 6.34. The third kappa shape index (κ3) is 3.29. The molecule has 0 saturated carbocycles. The van der Waals surface area contributed by atoms with Crippen LogP contribution in [0, 0.1) is 6.92 Å². The van der Waals surface area contributed by atoms with Gasteiger partial charge in [0.05, 0.1) is 22.9 Å². The van der Waals surface area contributed by atoms with Crippen LogP contribution in [0.25, 0.3) is 17.1 Å². The zero-order valence-corrected chi connectivity index (χ0v) is 12.1. The van der Waals surface area contributed by atoms with E-state index in [1.165, 1.54) is 17.4 Å². The summed E-state index contributed by atoms with van der Waals surface area (Å²) >= 11 is 1.43. The molecule has 6 heteroatoms. The first-order chi connectivity index (χ1) is 10.2. The SMILES string of the molecule is Cc1cnc(NC(=O)/C=C/c2cnc3ccccc3n2)s1. The number of nitrogens with one attached hydrogen (secondary N) is 1. The number of nitrogens with zero attached hydrogens (tertiary/aromatic N) is 3. The van der Waals surface area contributed by atoms with Crippen molar-refractivity contribution in [1.29, 1.82) is 0 Å². The second-order valence-corrected chi connectivity index (χ2v) is 5.62. The fourth-order valence-corrected chi connectivity index (χ4v) is 2.44. The first kappa shape index (κ1) is 13.4. The molecule has 0 aliphatic rings. The number of benzene rings is 1. The molecule has 0 spiro atoms. The molecule has 3 rings (SSSR count). The predicted octanol–water partition coefficient (Wildman–Crippen LogP) is 3.05. The summed E-state index contributed by atoms with van der Waals surface area (Å²) in [6.07, 6.45) is 6.42. The Bertz CT molecular complexity index is 825. The molecule has 3 aromatic rings. The number of rotatable bonds is 3. The number of aromatic nitrogens is 3. The average Bonchev–Trinajstić information content (AvgIpc) is 2.90. The summed E-state index contributed by atoms with van der Waals surface area (Å²) < 4.78 is 0. The molecule has 0 bridgehead atoms. The lowest BCUT2D eigenvalue weighted by Crippen LogP contribution is -2.07. The van der Waals surface area contributed by atoms with Gasteiger partial charge in [-0.3, -0.25) is 15.1 Å². The van der Waals surface area contributed by atoms with E-state index in [1.807, 2.05) is 31.2 Å². The van der Waals surface area contributed by atoms with E-state index in [-0.39, 0.29) is 5.91 Å². The molecular weight excluding hydrogens is 284 g/mol. The predicted molar refractivity (Wildman–Crippen MR) is 84.1 cm³/mol. The van der Waals surface area contributed by atoms with E-state index in [2.05, 4.69) is 20.3 Å². The molecule has 104 valence electrons. The number of para-hydroxylation sites is 2. The van der Waals surface area contributed by atoms with Crippen LogP contribution < -0.4 is 5.32 Å². The largest absolute Gasteiger partial charge is 0.298 e. The van der Waals surface area contributed by atoms with Crippen LogP contribution in [0.2, 0.25) is 0 Å². The van der Waals surface area contributed by atoms with Gasteiger partial charge < -0.3 is 0 Å². The van der Waals surface area contributed by atoms with Crippen LogP contribution >= 0.6 is 11.3 Å². The Hall–Kier alpha value is -2.60. The lowest BCUT2D eigenvalue weighted by atomic mass is 10.3. The number of amides is 1. The molecule has 5 nitrogen and oxygen atoms in total. The lowest BCUT2D eigenvalue weighted by Gasteiger charge is -1.98. The number of hydrogen-bond acceptors (Lipinski definition) is 5. The maximum Gasteiger partial charge on any atom is 0.250 e. The van der Waals surface area contributed by atoms with E-state index in [0.29, 0.717) is 10.8 Å². The van der Waals surface area contributed by atoms with Crippen molar-refractivity contribution < 1.29 is 4.79 Å². The first-order valence-corrected chi connectivity index (χ1v) is 7.16. The lowest BCUT2D eigenvalue weighted by molar-refractivity contribution is -0.111. The Balaban J connectivity index is 1.73. The molecule has 21 heavy (non-hydrogen) atoms. The number of hydrogen-bond donors (Lipinski definition) is 1. The Morgan fingerprint density at radius 2 is 2.00 bits per heavy atom. The number of aryl methyl sites for hydroxylation is 1. The molecule has 0 aliphatic heterocycles. The van der Waals surface area contributed by atoms with Crippen LogP contribution in [0.15, 0.2) is 42.7 Å². The minimum atomic E-state index is -0.237. The summed E-state index contributed by atoms with van der Waals surface area (Å²) in [5, 5.41) is 3.29. The van der Waals surface area contributed by atoms with Crippen molar-refractivity contribution in [2.24, 2.45) is 0 Å². The number of anilines is 1. The average molecular weight is 296 g/mol. The third-order valence-electron chi connectivity index (χ3n) is 2.72. The van der Waals surface area contributed by atoms with E-state index in [9.17, 15) is 4.79 Å². The molecule has 0 fully saturated rings. The minimum absolute atomic E-state index is 0.237. The Morgan fingerprint density at radius 3 is 2.76 bits per heavy atom. The van der Waals surface area contributed by atoms with E-state index >= 15 is 0 Å². The van der Waals surface area contributed by atoms with E-state index < -0.39 is 0 Å². The highest BCUT2D eigenvalue weighted by Crippen LogP contribution is 2.16. The zero-order chi connectivity index (χ0) is 14.7. The molecule has 2 aromatic heterocycles. The van der Waals surface area contributed by atoms with Crippen LogP contribution in [-0.2, 0) is 4.79 Å². The van der Waals surface area contributed by atoms with Gasteiger partial charge in [-0.25, -0.2) is 9.97 Å². The number of thiazole rings is 1. The van der Waals surface area contributed by atoms with Crippen LogP contribution in [0.5, 0.6) is 0 Å². The van der Waals surface area contributed by atoms with E-state index in [1.54, 1.807) is 18.5 Å². The van der Waals surface area contributed by atoms with Crippen molar-refractivity contribution in [3.05, 3.63) is 53.3 Å². The summed E-state index contributed by atoms with van der Waals surface area (Å²) in [5.74, 6) is -0.237. The highest BCUT2D eigenvalue weighted by atomic mass is 32.1. The summed E-state index contributed by atoms with van der Waals surface area (Å²) in [6.45, 7) is 1.94. The van der Waals surface area contributed by atoms with Gasteiger partial charge in [-0.2, -0.15) is 0 Å². The molecule has 2 heterocycles. The smallest absolute Gasteiger partial charge is 0.250 e. The quantitative estimate of drug-likeness (QED) is 0.754. The standard InChI is InChI=1S/C15H12N4OS/c1-10-8-17-15(21-10)19-14(20)7-6-11-9-16-12-4-2-3-5-13(12)18-11/h2-9H,1H3,(H,17,19,20)/b7-6+. The van der Waals surface area contributed by atoms with Crippen molar-refractivity contribution >= 4 is 39.5 Å². The van der Waals surface area contributed by atoms with Gasteiger partial charge in [-0.15, -0.1) is 11.3 Å². The van der Waals surface area contributed by atoms with Crippen molar-refractivity contribution in [3.63, 3.8) is 0 Å². The normalized spacial score (nSPS) is 11.1. The van der Waals surface area contributed by atoms with Crippen LogP contribution in [0.1, 0.15) is 10.6 Å². The maximum atomic E-state index is 11.8. The molecule has 0 unspecified atom stereocenters. The van der Waals surface area contributed by atoms with Crippen molar-refractivity contribution in [2.75, 3.05) is 5.32 Å². The third-order valence-corrected chi connectivity index (χ3v) is 3.55. The van der Waals surface area contributed by atoms with Crippen LogP contribution in [-0.4, -0.2) is 20.9 Å². The molecule has 0 aliphatic carbocycles. The highest BCUT2D eigenvalue weighted by molar-refractivity contribution is 7.15. The van der Waals surface area contributed by atoms with Gasteiger partial charge >= 0.3 is 0 Å². The summed E-state index contributed by atoms with van der Waals surface area (Å²) in [4.78, 5) is 25.6. The molecule has 0 saturated heterocycles. The van der Waals surface area contributed by atoms with Crippen molar-refractivity contribution in [3.8, 4) is 0 Å². The van der Waals surface area contributed by atoms with Gasteiger partial charge in [0.2, 0.25) is 5.91 Å². The van der Waals surface area contributed by atoms with Crippen LogP contribution in [0.4, 0.5) is 5.13 Å². The second kappa shape index (κ2) is 5.80. The topological polar surface area (TPSA) is 67.8 Å². The van der Waals surface area contributed by atoms with Gasteiger partial charge in [0.15, 0.2) is 5.13 Å². The summed E-state index contributed by atoms with van der Waals surface area (Å²) in [5.41, 5.74) is 2.27. The van der Waals surface area contributed by atoms with Crippen molar-refractivity contribution in [1.82, 2.24) is 15.0 Å². The summed E-state index contributed by atoms with van der Waals surface area (Å²) in [7, 11) is 0. The monoisotopic (exact) mass is 296 g/mol. The highest BCUT2D eigenvalue weighted by Gasteiger charge is 2.02. The summed E-state index contributed by atoms with van der Waals surface area (Å²) in [6, 6.07) is 7.60. The Kier molecular flexibility index (Phi) is 3.70. The van der Waals surface area contributed by atoms with Gasteiger partial charge in [-0.05, 0) is 25.1 Å². The Morgan fingerprint density at radius 1 is 1.19 bits per heavy atom. The molecule has 1 amide bonds. The van der Waals surface area contributed by atoms with Gasteiger partial charge in [-0.1, -0.05) is 12.1 Å². The fraction of sp³-hybridized carbons (Fsp3) is 0.0667. The number of carbonyl (C=O) groups excluding carboxylic acids is 1. The molecule has 0 radical (unpaired) electrons. The van der Waals surface area contributed by atoms with Crippen molar-refractivity contribution in [2.45, 2.75) is 6.92 Å². The molecular formula is C15H12N4OS. The molecule has 1 N–H and O–H groups in total. The maximum absolute atomic E-state index is 11.8. The van der Waals surface area contributed by atoms with Crippen LogP contribution in [0.3, 0.4) is 0 Å². The molecule has 0 atom stereocenters.